The normalized spacial score (nSPS) is 18.6. The highest BCUT2D eigenvalue weighted by Crippen LogP contribution is 2.15. The van der Waals surface area contributed by atoms with Gasteiger partial charge in [-0.3, -0.25) is 9.69 Å². The SMILES string of the molecule is Cc1nc(CN(C)C(C)C(=O)NCC2CCCO2)nc2ccccc12. The van der Waals surface area contributed by atoms with Crippen molar-refractivity contribution in [2.24, 2.45) is 0 Å². The lowest BCUT2D eigenvalue weighted by molar-refractivity contribution is -0.126. The molecule has 3 rings (SSSR count). The Kier molecular flexibility index (Phi) is 5.60. The molecule has 2 atom stereocenters. The number of aromatic nitrogens is 2. The molecule has 134 valence electrons. The van der Waals surface area contributed by atoms with Crippen LogP contribution in [0.15, 0.2) is 24.3 Å². The van der Waals surface area contributed by atoms with Crippen LogP contribution in [0.1, 0.15) is 31.3 Å². The molecule has 0 aliphatic carbocycles. The zero-order valence-electron chi connectivity index (χ0n) is 15.2. The quantitative estimate of drug-likeness (QED) is 0.870. The van der Waals surface area contributed by atoms with Gasteiger partial charge in [-0.1, -0.05) is 18.2 Å². The third-order valence-corrected chi connectivity index (χ3v) is 4.80. The minimum Gasteiger partial charge on any atom is -0.376 e. The summed E-state index contributed by atoms with van der Waals surface area (Å²) in [4.78, 5) is 23.5. The highest BCUT2D eigenvalue weighted by molar-refractivity contribution is 5.81. The van der Waals surface area contributed by atoms with E-state index in [1.54, 1.807) is 0 Å². The summed E-state index contributed by atoms with van der Waals surface area (Å²) in [5.41, 5.74) is 1.90. The van der Waals surface area contributed by atoms with Crippen LogP contribution in [0, 0.1) is 6.92 Å². The van der Waals surface area contributed by atoms with Gasteiger partial charge in [0.05, 0.1) is 24.2 Å². The molecule has 1 aromatic carbocycles. The van der Waals surface area contributed by atoms with Gasteiger partial charge in [0.15, 0.2) is 0 Å². The largest absolute Gasteiger partial charge is 0.376 e. The third kappa shape index (κ3) is 4.32. The molecule has 6 nitrogen and oxygen atoms in total. The third-order valence-electron chi connectivity index (χ3n) is 4.80. The van der Waals surface area contributed by atoms with Gasteiger partial charge in [0.25, 0.3) is 0 Å². The summed E-state index contributed by atoms with van der Waals surface area (Å²) in [5.74, 6) is 0.744. The standard InChI is InChI=1S/C19H26N4O2/c1-13-16-8-4-5-9-17(16)22-18(21-13)12-23(3)14(2)19(24)20-11-15-7-6-10-25-15/h4-5,8-9,14-15H,6-7,10-12H2,1-3H3,(H,20,24). The predicted molar refractivity (Wildman–Crippen MR) is 97.2 cm³/mol. The van der Waals surface area contributed by atoms with E-state index in [1.807, 2.05) is 50.1 Å². The lowest BCUT2D eigenvalue weighted by Crippen LogP contribution is -2.45. The molecular weight excluding hydrogens is 316 g/mol. The Morgan fingerprint density at radius 2 is 2.20 bits per heavy atom. The van der Waals surface area contributed by atoms with Gasteiger partial charge in [-0.2, -0.15) is 0 Å². The van der Waals surface area contributed by atoms with Gasteiger partial charge in [0.1, 0.15) is 5.82 Å². The fourth-order valence-corrected chi connectivity index (χ4v) is 3.09. The lowest BCUT2D eigenvalue weighted by atomic mass is 10.2. The maximum absolute atomic E-state index is 12.4. The second-order valence-electron chi connectivity index (χ2n) is 6.71. The van der Waals surface area contributed by atoms with Crippen molar-refractivity contribution in [3.63, 3.8) is 0 Å². The number of hydrogen-bond donors (Lipinski definition) is 1. The zero-order valence-corrected chi connectivity index (χ0v) is 15.2. The van der Waals surface area contributed by atoms with E-state index in [0.717, 1.165) is 41.9 Å². The number of nitrogens with one attached hydrogen (secondary N) is 1. The summed E-state index contributed by atoms with van der Waals surface area (Å²) < 4.78 is 5.54. The van der Waals surface area contributed by atoms with E-state index in [1.165, 1.54) is 0 Å². The molecule has 1 saturated heterocycles. The molecule has 6 heteroatoms. The first-order chi connectivity index (χ1) is 12.0. The molecule has 1 aliphatic rings. The van der Waals surface area contributed by atoms with Gasteiger partial charge in [0.2, 0.25) is 5.91 Å². The van der Waals surface area contributed by atoms with E-state index < -0.39 is 0 Å². The maximum Gasteiger partial charge on any atom is 0.237 e. The molecule has 1 fully saturated rings. The molecule has 0 radical (unpaired) electrons. The monoisotopic (exact) mass is 342 g/mol. The molecule has 0 bridgehead atoms. The summed E-state index contributed by atoms with van der Waals surface area (Å²) in [6, 6.07) is 7.73. The minimum atomic E-state index is -0.253. The van der Waals surface area contributed by atoms with Crippen molar-refractivity contribution in [3.8, 4) is 0 Å². The van der Waals surface area contributed by atoms with E-state index >= 15 is 0 Å². The number of para-hydroxylation sites is 1. The van der Waals surface area contributed by atoms with Gasteiger partial charge in [-0.15, -0.1) is 0 Å². The van der Waals surface area contributed by atoms with Gasteiger partial charge in [0, 0.05) is 24.2 Å². The second-order valence-corrected chi connectivity index (χ2v) is 6.71. The Labute approximate surface area is 148 Å². The van der Waals surface area contributed by atoms with Crippen molar-refractivity contribution in [3.05, 3.63) is 35.8 Å². The smallest absolute Gasteiger partial charge is 0.237 e. The highest BCUT2D eigenvalue weighted by Gasteiger charge is 2.22. The number of nitrogens with zero attached hydrogens (tertiary/aromatic N) is 3. The number of amides is 1. The van der Waals surface area contributed by atoms with Crippen LogP contribution in [0.5, 0.6) is 0 Å². The van der Waals surface area contributed by atoms with E-state index in [0.29, 0.717) is 13.1 Å². The van der Waals surface area contributed by atoms with Crippen LogP contribution in [0.4, 0.5) is 0 Å². The van der Waals surface area contributed by atoms with Gasteiger partial charge >= 0.3 is 0 Å². The molecule has 0 saturated carbocycles. The van der Waals surface area contributed by atoms with Gasteiger partial charge < -0.3 is 10.1 Å². The van der Waals surface area contributed by atoms with Crippen LogP contribution in [0.25, 0.3) is 10.9 Å². The van der Waals surface area contributed by atoms with Gasteiger partial charge in [-0.25, -0.2) is 9.97 Å². The van der Waals surface area contributed by atoms with Crippen LogP contribution in [0.2, 0.25) is 0 Å². The van der Waals surface area contributed by atoms with E-state index in [9.17, 15) is 4.79 Å². The minimum absolute atomic E-state index is 0.00973. The van der Waals surface area contributed by atoms with Crippen LogP contribution < -0.4 is 5.32 Å². The average molecular weight is 342 g/mol. The van der Waals surface area contributed by atoms with Crippen molar-refractivity contribution >= 4 is 16.8 Å². The average Bonchev–Trinajstić information content (AvgIpc) is 3.12. The van der Waals surface area contributed by atoms with Crippen molar-refractivity contribution in [2.75, 3.05) is 20.2 Å². The summed E-state index contributed by atoms with van der Waals surface area (Å²) in [7, 11) is 1.92. The lowest BCUT2D eigenvalue weighted by Gasteiger charge is -2.24. The van der Waals surface area contributed by atoms with Crippen molar-refractivity contribution < 1.29 is 9.53 Å². The van der Waals surface area contributed by atoms with Crippen LogP contribution >= 0.6 is 0 Å². The maximum atomic E-state index is 12.4. The molecule has 0 spiro atoms. The van der Waals surface area contributed by atoms with E-state index in [2.05, 4.69) is 15.3 Å². The number of fused-ring (bicyclic) bond motifs is 1. The number of carbonyl (C=O) groups excluding carboxylic acids is 1. The fraction of sp³-hybridized carbons (Fsp3) is 0.526. The first kappa shape index (κ1) is 17.8. The summed E-state index contributed by atoms with van der Waals surface area (Å²) in [6.45, 7) is 5.81. The van der Waals surface area contributed by atoms with E-state index in [-0.39, 0.29) is 18.1 Å². The number of likely N-dealkylation sites (N-methyl/N-ethyl adjacent to an activating group) is 1. The Bertz CT molecular complexity index is 743. The fourth-order valence-electron chi connectivity index (χ4n) is 3.09. The molecule has 25 heavy (non-hydrogen) atoms. The molecule has 1 N–H and O–H groups in total. The summed E-state index contributed by atoms with van der Waals surface area (Å²) in [5, 5.41) is 4.05. The molecule has 1 aliphatic heterocycles. The Morgan fingerprint density at radius 1 is 1.40 bits per heavy atom. The first-order valence-corrected chi connectivity index (χ1v) is 8.86. The van der Waals surface area contributed by atoms with Crippen LogP contribution in [-0.2, 0) is 16.1 Å². The molecular formula is C19H26N4O2. The molecule has 2 heterocycles. The zero-order chi connectivity index (χ0) is 17.8. The Hall–Kier alpha value is -2.05. The number of ether oxygens (including phenoxy) is 1. The van der Waals surface area contributed by atoms with E-state index in [4.69, 9.17) is 4.74 Å². The highest BCUT2D eigenvalue weighted by atomic mass is 16.5. The molecule has 1 amide bonds. The van der Waals surface area contributed by atoms with Crippen molar-refractivity contribution in [1.82, 2.24) is 20.2 Å². The topological polar surface area (TPSA) is 67.4 Å². The molecule has 2 aromatic rings. The summed E-state index contributed by atoms with van der Waals surface area (Å²) in [6.07, 6.45) is 2.26. The molecule has 1 aromatic heterocycles. The number of hydrogen-bond acceptors (Lipinski definition) is 5. The number of aryl methyl sites for hydroxylation is 1. The van der Waals surface area contributed by atoms with Crippen molar-refractivity contribution in [1.29, 1.82) is 0 Å². The van der Waals surface area contributed by atoms with Gasteiger partial charge in [-0.05, 0) is 39.8 Å². The Balaban J connectivity index is 1.60. The number of rotatable bonds is 6. The number of carbonyl (C=O) groups is 1. The second kappa shape index (κ2) is 7.89. The summed E-state index contributed by atoms with van der Waals surface area (Å²) >= 11 is 0. The molecule has 2 unspecified atom stereocenters. The Morgan fingerprint density at radius 3 is 2.96 bits per heavy atom. The number of benzene rings is 1. The van der Waals surface area contributed by atoms with Crippen molar-refractivity contribution in [2.45, 2.75) is 45.4 Å². The first-order valence-electron chi connectivity index (χ1n) is 8.86. The predicted octanol–water partition coefficient (Wildman–Crippen LogP) is 2.05. The van der Waals surface area contributed by atoms with Crippen LogP contribution in [0.3, 0.4) is 0 Å². The van der Waals surface area contributed by atoms with Crippen LogP contribution in [-0.4, -0.2) is 53.1 Å².